The minimum Gasteiger partial charge on any atom is -0.449 e. The normalized spacial score (nSPS) is 12.5. The molecule has 0 aromatic rings. The van der Waals surface area contributed by atoms with Gasteiger partial charge in [0.1, 0.15) is 0 Å². The summed E-state index contributed by atoms with van der Waals surface area (Å²) in [6.07, 6.45) is -1.50. The number of hydrogen-bond acceptors (Lipinski definition) is 5. The van der Waals surface area contributed by atoms with Crippen LogP contribution < -0.4 is 5.43 Å². The summed E-state index contributed by atoms with van der Waals surface area (Å²) in [6.45, 7) is 8.87. The molecule has 0 aliphatic carbocycles. The van der Waals surface area contributed by atoms with E-state index in [2.05, 4.69) is 5.43 Å². The number of carbonyl (C=O) groups is 2. The van der Waals surface area contributed by atoms with Gasteiger partial charge in [0.25, 0.3) is 0 Å². The first-order valence-electron chi connectivity index (χ1n) is 6.28. The second-order valence-electron chi connectivity index (χ2n) is 4.97. The number of ether oxygens (including phenoxy) is 2. The van der Waals surface area contributed by atoms with Crippen LogP contribution in [0.1, 0.15) is 34.6 Å². The zero-order valence-electron chi connectivity index (χ0n) is 12.2. The second-order valence-corrected chi connectivity index (χ2v) is 4.97. The fourth-order valence-corrected chi connectivity index (χ4v) is 1.45. The third kappa shape index (κ3) is 5.78. The van der Waals surface area contributed by atoms with Crippen LogP contribution >= 0.6 is 0 Å². The number of hydrogen-bond donors (Lipinski definition) is 2. The van der Waals surface area contributed by atoms with Crippen molar-refractivity contribution < 1.29 is 24.2 Å². The molecule has 0 aliphatic heterocycles. The lowest BCUT2D eigenvalue weighted by Crippen LogP contribution is -2.57. The van der Waals surface area contributed by atoms with Crippen LogP contribution in [-0.4, -0.2) is 48.2 Å². The monoisotopic (exact) mass is 276 g/mol. The Morgan fingerprint density at radius 1 is 1.21 bits per heavy atom. The van der Waals surface area contributed by atoms with E-state index in [-0.39, 0.29) is 19.8 Å². The van der Waals surface area contributed by atoms with E-state index >= 15 is 0 Å². The van der Waals surface area contributed by atoms with Crippen molar-refractivity contribution in [2.24, 2.45) is 5.41 Å². The summed E-state index contributed by atoms with van der Waals surface area (Å²) < 4.78 is 9.59. The van der Waals surface area contributed by atoms with Gasteiger partial charge in [-0.05, 0) is 19.3 Å². The van der Waals surface area contributed by atoms with Gasteiger partial charge in [-0.3, -0.25) is 0 Å². The summed E-state index contributed by atoms with van der Waals surface area (Å²) in [5.41, 5.74) is 1.85. The van der Waals surface area contributed by atoms with Crippen molar-refractivity contribution >= 4 is 12.2 Å². The van der Waals surface area contributed by atoms with E-state index in [1.807, 2.05) is 20.8 Å². The smallest absolute Gasteiger partial charge is 0.429 e. The van der Waals surface area contributed by atoms with Crippen molar-refractivity contribution in [3.8, 4) is 0 Å². The van der Waals surface area contributed by atoms with E-state index in [1.54, 1.807) is 13.8 Å². The van der Waals surface area contributed by atoms with Gasteiger partial charge in [0.2, 0.25) is 0 Å². The van der Waals surface area contributed by atoms with E-state index in [9.17, 15) is 14.7 Å². The number of amides is 2. The highest BCUT2D eigenvalue weighted by Crippen LogP contribution is 2.23. The molecule has 0 bridgehead atoms. The Bertz CT molecular complexity index is 301. The third-order valence-corrected chi connectivity index (χ3v) is 2.44. The van der Waals surface area contributed by atoms with Gasteiger partial charge in [-0.15, -0.1) is 0 Å². The summed E-state index contributed by atoms with van der Waals surface area (Å²) in [5, 5.41) is 10.4. The molecule has 0 unspecified atom stereocenters. The highest BCUT2D eigenvalue weighted by atomic mass is 16.6. The Labute approximate surface area is 113 Å². The molecular formula is C12H24N2O5. The fraction of sp³-hybridized carbons (Fsp3) is 0.833. The highest BCUT2D eigenvalue weighted by Gasteiger charge is 2.35. The minimum atomic E-state index is -0.766. The first-order valence-corrected chi connectivity index (χ1v) is 6.28. The molecule has 2 amide bonds. The molecule has 0 aromatic heterocycles. The van der Waals surface area contributed by atoms with Gasteiger partial charge >= 0.3 is 12.2 Å². The molecule has 1 atom stereocenters. The average molecular weight is 276 g/mol. The zero-order valence-corrected chi connectivity index (χ0v) is 12.2. The molecule has 0 rings (SSSR count). The Hall–Kier alpha value is -1.50. The number of rotatable bonds is 4. The Morgan fingerprint density at radius 3 is 2.11 bits per heavy atom. The summed E-state index contributed by atoms with van der Waals surface area (Å²) >= 11 is 0. The van der Waals surface area contributed by atoms with Gasteiger partial charge in [0, 0.05) is 0 Å². The molecule has 0 saturated heterocycles. The molecule has 7 heteroatoms. The van der Waals surface area contributed by atoms with Crippen LogP contribution in [0.25, 0.3) is 0 Å². The van der Waals surface area contributed by atoms with Gasteiger partial charge in [-0.1, -0.05) is 20.8 Å². The predicted molar refractivity (Wildman–Crippen MR) is 69.3 cm³/mol. The zero-order chi connectivity index (χ0) is 15.1. The average Bonchev–Trinajstić information content (AvgIpc) is 2.27. The molecule has 2 N–H and O–H groups in total. The lowest BCUT2D eigenvalue weighted by molar-refractivity contribution is 0.00431. The largest absolute Gasteiger partial charge is 0.449 e. The molecule has 0 aromatic carbocycles. The van der Waals surface area contributed by atoms with E-state index in [0.717, 1.165) is 5.01 Å². The van der Waals surface area contributed by atoms with Crippen LogP contribution in [0.15, 0.2) is 0 Å². The molecular weight excluding hydrogens is 252 g/mol. The molecule has 19 heavy (non-hydrogen) atoms. The van der Waals surface area contributed by atoms with Gasteiger partial charge in [0.15, 0.2) is 0 Å². The van der Waals surface area contributed by atoms with Crippen LogP contribution in [0.5, 0.6) is 0 Å². The minimum absolute atomic E-state index is 0.169. The van der Waals surface area contributed by atoms with Crippen LogP contribution in [0.3, 0.4) is 0 Å². The van der Waals surface area contributed by atoms with Crippen LogP contribution in [0.4, 0.5) is 9.59 Å². The van der Waals surface area contributed by atoms with Crippen molar-refractivity contribution in [3.63, 3.8) is 0 Å². The maximum atomic E-state index is 11.9. The topological polar surface area (TPSA) is 88.1 Å². The van der Waals surface area contributed by atoms with E-state index < -0.39 is 23.6 Å². The van der Waals surface area contributed by atoms with E-state index in [4.69, 9.17) is 9.47 Å². The molecule has 7 nitrogen and oxygen atoms in total. The lowest BCUT2D eigenvalue weighted by Gasteiger charge is -2.37. The van der Waals surface area contributed by atoms with Crippen molar-refractivity contribution in [1.29, 1.82) is 0 Å². The Balaban J connectivity index is 5.03. The lowest BCUT2D eigenvalue weighted by atomic mass is 9.87. The summed E-state index contributed by atoms with van der Waals surface area (Å²) in [4.78, 5) is 23.3. The molecule has 112 valence electrons. The first kappa shape index (κ1) is 17.5. The van der Waals surface area contributed by atoms with Crippen molar-refractivity contribution in [3.05, 3.63) is 0 Å². The fourth-order valence-electron chi connectivity index (χ4n) is 1.45. The van der Waals surface area contributed by atoms with Gasteiger partial charge < -0.3 is 14.6 Å². The summed E-state index contributed by atoms with van der Waals surface area (Å²) in [7, 11) is 0. The van der Waals surface area contributed by atoms with Crippen molar-refractivity contribution in [2.75, 3.05) is 19.8 Å². The second kappa shape index (κ2) is 7.83. The predicted octanol–water partition coefficient (Wildman–Crippen LogP) is 1.51. The number of nitrogens with one attached hydrogen (secondary N) is 1. The molecule has 0 heterocycles. The standard InChI is InChI=1S/C12H24N2O5/c1-6-18-10(16)13-14(11(17)19-7-2)9(8-15)12(3,4)5/h9,15H,6-8H2,1-5H3,(H,13,16)/t9-/m0/s1. The van der Waals surface area contributed by atoms with Gasteiger partial charge in [-0.25, -0.2) is 20.0 Å². The van der Waals surface area contributed by atoms with Gasteiger partial charge in [0.05, 0.1) is 25.9 Å². The quantitative estimate of drug-likeness (QED) is 0.760. The van der Waals surface area contributed by atoms with Gasteiger partial charge in [-0.2, -0.15) is 0 Å². The maximum absolute atomic E-state index is 11.9. The maximum Gasteiger partial charge on any atom is 0.429 e. The molecule has 0 radical (unpaired) electrons. The van der Waals surface area contributed by atoms with Crippen molar-refractivity contribution in [1.82, 2.24) is 10.4 Å². The molecule has 0 aliphatic rings. The SMILES string of the molecule is CCOC(=O)NN(C(=O)OCC)[C@@H](CO)C(C)(C)C. The highest BCUT2D eigenvalue weighted by molar-refractivity contribution is 5.74. The number of aliphatic hydroxyl groups excluding tert-OH is 1. The molecule has 0 spiro atoms. The van der Waals surface area contributed by atoms with Crippen LogP contribution in [-0.2, 0) is 9.47 Å². The van der Waals surface area contributed by atoms with Crippen LogP contribution in [0.2, 0.25) is 0 Å². The number of nitrogens with zero attached hydrogens (tertiary/aromatic N) is 1. The van der Waals surface area contributed by atoms with E-state index in [0.29, 0.717) is 0 Å². The van der Waals surface area contributed by atoms with Crippen LogP contribution in [0, 0.1) is 5.41 Å². The third-order valence-electron chi connectivity index (χ3n) is 2.44. The molecule has 0 fully saturated rings. The number of hydrazine groups is 1. The number of carbonyl (C=O) groups excluding carboxylic acids is 2. The Kier molecular flexibility index (Phi) is 7.21. The summed E-state index contributed by atoms with van der Waals surface area (Å²) in [5.74, 6) is 0. The number of aliphatic hydroxyl groups is 1. The molecule has 0 saturated carbocycles. The first-order chi connectivity index (χ1) is 8.77. The summed E-state index contributed by atoms with van der Waals surface area (Å²) in [6, 6.07) is -0.629. The van der Waals surface area contributed by atoms with Crippen molar-refractivity contribution in [2.45, 2.75) is 40.7 Å². The van der Waals surface area contributed by atoms with E-state index in [1.165, 1.54) is 0 Å². The Morgan fingerprint density at radius 2 is 1.74 bits per heavy atom.